The van der Waals surface area contributed by atoms with Gasteiger partial charge in [-0.05, 0) is 43.5 Å². The average molecular weight is 335 g/mol. The van der Waals surface area contributed by atoms with Crippen molar-refractivity contribution in [1.82, 2.24) is 0 Å². The maximum Gasteiger partial charge on any atom is 0.234 e. The van der Waals surface area contributed by atoms with Gasteiger partial charge in [0.05, 0.1) is 12.3 Å². The molecule has 0 saturated carbocycles. The topological polar surface area (TPSA) is 44.7 Å². The molecule has 1 N–H and O–H groups in total. The van der Waals surface area contributed by atoms with Crippen LogP contribution in [0.4, 0.5) is 11.4 Å². The fourth-order valence-electron chi connectivity index (χ4n) is 2.63. The summed E-state index contributed by atoms with van der Waals surface area (Å²) < 4.78 is 1.04. The normalized spacial score (nSPS) is 18.2. The molecule has 4 nitrogen and oxygen atoms in total. The molecular formula is C16H21N3OS2. The Morgan fingerprint density at radius 3 is 2.68 bits per heavy atom. The molecule has 1 aromatic carbocycles. The molecule has 1 aromatic rings. The van der Waals surface area contributed by atoms with Crippen LogP contribution in [0.15, 0.2) is 29.3 Å². The van der Waals surface area contributed by atoms with Crippen molar-refractivity contribution in [1.29, 1.82) is 0 Å². The Labute approximate surface area is 140 Å². The summed E-state index contributed by atoms with van der Waals surface area (Å²) in [7, 11) is 0. The van der Waals surface area contributed by atoms with Gasteiger partial charge >= 0.3 is 0 Å². The zero-order chi connectivity index (χ0) is 15.2. The van der Waals surface area contributed by atoms with Crippen molar-refractivity contribution in [2.75, 3.05) is 41.4 Å². The van der Waals surface area contributed by atoms with Crippen molar-refractivity contribution in [3.05, 3.63) is 24.3 Å². The van der Waals surface area contributed by atoms with E-state index in [1.54, 1.807) is 11.8 Å². The van der Waals surface area contributed by atoms with Crippen LogP contribution in [0.2, 0.25) is 0 Å². The maximum absolute atomic E-state index is 11.9. The molecule has 2 heterocycles. The number of benzene rings is 1. The fraction of sp³-hybridized carbons (Fsp3) is 0.500. The molecule has 2 aliphatic rings. The van der Waals surface area contributed by atoms with Crippen molar-refractivity contribution in [3.63, 3.8) is 0 Å². The van der Waals surface area contributed by atoms with E-state index in [0.29, 0.717) is 5.75 Å². The standard InChI is InChI=1S/C16H21N3OS2/c20-15(12-22-16-17-8-11-21-16)18-13-4-6-14(7-5-13)19-9-2-1-3-10-19/h4-7H,1-3,8-12H2,(H,18,20). The molecule has 3 rings (SSSR count). The maximum atomic E-state index is 11.9. The number of hydrogen-bond acceptors (Lipinski definition) is 5. The third-order valence-corrected chi connectivity index (χ3v) is 6.01. The number of piperidine rings is 1. The number of anilines is 2. The number of hydrogen-bond donors (Lipinski definition) is 1. The minimum absolute atomic E-state index is 0.0333. The number of rotatable bonds is 4. The van der Waals surface area contributed by atoms with Gasteiger partial charge in [0.25, 0.3) is 0 Å². The molecule has 6 heteroatoms. The highest BCUT2D eigenvalue weighted by Crippen LogP contribution is 2.23. The van der Waals surface area contributed by atoms with E-state index in [-0.39, 0.29) is 5.91 Å². The lowest BCUT2D eigenvalue weighted by Gasteiger charge is -2.28. The Bertz CT molecular complexity index is 539. The molecule has 118 valence electrons. The summed E-state index contributed by atoms with van der Waals surface area (Å²) in [5.74, 6) is 1.51. The van der Waals surface area contributed by atoms with Crippen LogP contribution < -0.4 is 10.2 Å². The predicted octanol–water partition coefficient (Wildman–Crippen LogP) is 3.45. The van der Waals surface area contributed by atoms with Crippen LogP contribution in [0, 0.1) is 0 Å². The average Bonchev–Trinajstić information content (AvgIpc) is 3.08. The van der Waals surface area contributed by atoms with E-state index in [4.69, 9.17) is 0 Å². The fourth-order valence-corrected chi connectivity index (χ4v) is 4.44. The van der Waals surface area contributed by atoms with Crippen LogP contribution in [0.1, 0.15) is 19.3 Å². The molecule has 1 amide bonds. The van der Waals surface area contributed by atoms with Crippen molar-refractivity contribution in [2.45, 2.75) is 19.3 Å². The monoisotopic (exact) mass is 335 g/mol. The second-order valence-corrected chi connectivity index (χ2v) is 7.73. The number of amides is 1. The molecular weight excluding hydrogens is 314 g/mol. The van der Waals surface area contributed by atoms with Crippen molar-refractivity contribution in [3.8, 4) is 0 Å². The first-order valence-corrected chi connectivity index (χ1v) is 9.73. The van der Waals surface area contributed by atoms with Crippen LogP contribution in [0.25, 0.3) is 0 Å². The highest BCUT2D eigenvalue weighted by molar-refractivity contribution is 8.39. The van der Waals surface area contributed by atoms with Gasteiger partial charge in [0.2, 0.25) is 5.91 Å². The molecule has 1 saturated heterocycles. The molecule has 0 bridgehead atoms. The van der Waals surface area contributed by atoms with E-state index < -0.39 is 0 Å². The van der Waals surface area contributed by atoms with Crippen molar-refractivity contribution >= 4 is 45.2 Å². The highest BCUT2D eigenvalue weighted by Gasteiger charge is 2.12. The Balaban J connectivity index is 1.48. The van der Waals surface area contributed by atoms with E-state index >= 15 is 0 Å². The van der Waals surface area contributed by atoms with Crippen LogP contribution in [0.5, 0.6) is 0 Å². The lowest BCUT2D eigenvalue weighted by atomic mass is 10.1. The molecule has 0 aliphatic carbocycles. The summed E-state index contributed by atoms with van der Waals surface area (Å²) in [6, 6.07) is 8.19. The molecule has 0 radical (unpaired) electrons. The van der Waals surface area contributed by atoms with Crippen molar-refractivity contribution in [2.24, 2.45) is 4.99 Å². The predicted molar refractivity (Wildman–Crippen MR) is 98.4 cm³/mol. The van der Waals surface area contributed by atoms with Gasteiger partial charge in [-0.15, -0.1) is 0 Å². The van der Waals surface area contributed by atoms with Crippen LogP contribution in [-0.4, -0.2) is 41.4 Å². The van der Waals surface area contributed by atoms with Gasteiger partial charge < -0.3 is 10.2 Å². The van der Waals surface area contributed by atoms with Gasteiger partial charge in [-0.3, -0.25) is 9.79 Å². The minimum Gasteiger partial charge on any atom is -0.372 e. The Morgan fingerprint density at radius 1 is 1.23 bits per heavy atom. The highest BCUT2D eigenvalue weighted by atomic mass is 32.2. The van der Waals surface area contributed by atoms with Gasteiger partial charge in [-0.2, -0.15) is 0 Å². The molecule has 0 spiro atoms. The minimum atomic E-state index is 0.0333. The summed E-state index contributed by atoms with van der Waals surface area (Å²) in [4.78, 5) is 18.7. The zero-order valence-corrected chi connectivity index (χ0v) is 14.2. The second-order valence-electron chi connectivity index (χ2n) is 5.43. The first kappa shape index (κ1) is 15.7. The quantitative estimate of drug-likeness (QED) is 0.915. The largest absolute Gasteiger partial charge is 0.372 e. The van der Waals surface area contributed by atoms with E-state index in [1.807, 2.05) is 12.1 Å². The summed E-state index contributed by atoms with van der Waals surface area (Å²) in [6.07, 6.45) is 3.89. The van der Waals surface area contributed by atoms with Gasteiger partial charge in [0.15, 0.2) is 0 Å². The lowest BCUT2D eigenvalue weighted by Crippen LogP contribution is -2.29. The SMILES string of the molecule is O=C(CSC1=NCCS1)Nc1ccc(N2CCCCC2)cc1. The number of thioether (sulfide) groups is 2. The second kappa shape index (κ2) is 7.92. The number of carbonyl (C=O) groups is 1. The molecule has 0 unspecified atom stereocenters. The summed E-state index contributed by atoms with van der Waals surface area (Å²) >= 11 is 3.27. The van der Waals surface area contributed by atoms with Gasteiger partial charge in [-0.25, -0.2) is 0 Å². The van der Waals surface area contributed by atoms with Crippen LogP contribution in [-0.2, 0) is 4.79 Å². The molecule has 22 heavy (non-hydrogen) atoms. The van der Waals surface area contributed by atoms with E-state index in [1.165, 1.54) is 36.7 Å². The van der Waals surface area contributed by atoms with Gasteiger partial charge in [-0.1, -0.05) is 23.5 Å². The molecule has 0 aromatic heterocycles. The Kier molecular flexibility index (Phi) is 5.67. The van der Waals surface area contributed by atoms with Gasteiger partial charge in [0.1, 0.15) is 4.38 Å². The Hall–Kier alpha value is -1.14. The van der Waals surface area contributed by atoms with E-state index in [0.717, 1.165) is 35.5 Å². The third-order valence-electron chi connectivity index (χ3n) is 3.76. The number of nitrogens with one attached hydrogen (secondary N) is 1. The number of aliphatic imine (C=N–C) groups is 1. The third kappa shape index (κ3) is 4.43. The summed E-state index contributed by atoms with van der Waals surface area (Å²) in [5.41, 5.74) is 2.12. The first-order chi connectivity index (χ1) is 10.8. The smallest absolute Gasteiger partial charge is 0.234 e. The summed E-state index contributed by atoms with van der Waals surface area (Å²) in [6.45, 7) is 3.16. The van der Waals surface area contributed by atoms with Crippen LogP contribution >= 0.6 is 23.5 Å². The molecule has 0 atom stereocenters. The number of nitrogens with zero attached hydrogens (tertiary/aromatic N) is 2. The lowest BCUT2D eigenvalue weighted by molar-refractivity contribution is -0.113. The van der Waals surface area contributed by atoms with E-state index in [2.05, 4.69) is 27.3 Å². The Morgan fingerprint density at radius 2 is 2.00 bits per heavy atom. The zero-order valence-electron chi connectivity index (χ0n) is 12.6. The van der Waals surface area contributed by atoms with Crippen LogP contribution in [0.3, 0.4) is 0 Å². The van der Waals surface area contributed by atoms with Crippen molar-refractivity contribution < 1.29 is 4.79 Å². The van der Waals surface area contributed by atoms with Gasteiger partial charge in [0, 0.05) is 30.2 Å². The van der Waals surface area contributed by atoms with E-state index in [9.17, 15) is 4.79 Å². The molecule has 1 fully saturated rings. The molecule has 2 aliphatic heterocycles. The number of carbonyl (C=O) groups excluding carboxylic acids is 1. The first-order valence-electron chi connectivity index (χ1n) is 7.76. The summed E-state index contributed by atoms with van der Waals surface area (Å²) in [5, 5.41) is 2.95.